The molecule has 0 heterocycles. The molecule has 0 spiro atoms. The molecule has 106 valence electrons. The number of benzene rings is 2. The van der Waals surface area contributed by atoms with Gasteiger partial charge >= 0.3 is 0 Å². The Hall–Kier alpha value is -1.74. The van der Waals surface area contributed by atoms with E-state index in [1.807, 2.05) is 19.1 Å². The van der Waals surface area contributed by atoms with Gasteiger partial charge in [-0.3, -0.25) is 0 Å². The van der Waals surface area contributed by atoms with E-state index in [9.17, 15) is 4.39 Å². The Labute approximate surface area is 123 Å². The van der Waals surface area contributed by atoms with Gasteiger partial charge in [-0.05, 0) is 24.6 Å². The summed E-state index contributed by atoms with van der Waals surface area (Å²) in [5, 5.41) is 0. The Morgan fingerprint density at radius 2 is 1.80 bits per heavy atom. The van der Waals surface area contributed by atoms with Crippen molar-refractivity contribution in [1.82, 2.24) is 0 Å². The minimum atomic E-state index is -0.437. The molecule has 0 N–H and O–H groups in total. The first-order valence-corrected chi connectivity index (χ1v) is 7.02. The van der Waals surface area contributed by atoms with Gasteiger partial charge < -0.3 is 9.47 Å². The lowest BCUT2D eigenvalue weighted by Crippen LogP contribution is -1.99. The number of rotatable bonds is 6. The van der Waals surface area contributed by atoms with Crippen molar-refractivity contribution in [2.45, 2.75) is 19.2 Å². The molecular weight excluding hydrogens is 279 g/mol. The van der Waals surface area contributed by atoms with Gasteiger partial charge in [0.05, 0.1) is 12.5 Å². The molecule has 0 atom stereocenters. The van der Waals surface area contributed by atoms with Gasteiger partial charge in [0, 0.05) is 5.56 Å². The molecule has 2 aromatic carbocycles. The van der Waals surface area contributed by atoms with E-state index in [-0.39, 0.29) is 11.6 Å². The number of alkyl halides is 1. The molecule has 0 saturated heterocycles. The standard InChI is InChI=1S/C16H16ClFO2/c1-2-10-19-14-8-3-4-9-15(14)20-16-12(11-17)6-5-7-13(16)18/h3-9H,2,10-11H2,1H3. The highest BCUT2D eigenvalue weighted by Gasteiger charge is 2.13. The Morgan fingerprint density at radius 3 is 2.50 bits per heavy atom. The zero-order chi connectivity index (χ0) is 14.4. The lowest BCUT2D eigenvalue weighted by Gasteiger charge is -2.14. The first-order chi connectivity index (χ1) is 9.76. The zero-order valence-electron chi connectivity index (χ0n) is 11.2. The van der Waals surface area contributed by atoms with Crippen molar-refractivity contribution in [3.8, 4) is 17.2 Å². The molecule has 2 nitrogen and oxygen atoms in total. The van der Waals surface area contributed by atoms with Gasteiger partial charge in [0.15, 0.2) is 23.1 Å². The van der Waals surface area contributed by atoms with Gasteiger partial charge in [-0.25, -0.2) is 4.39 Å². The summed E-state index contributed by atoms with van der Waals surface area (Å²) in [7, 11) is 0. The highest BCUT2D eigenvalue weighted by atomic mass is 35.5. The summed E-state index contributed by atoms with van der Waals surface area (Å²) >= 11 is 5.82. The van der Waals surface area contributed by atoms with Gasteiger partial charge in [0.2, 0.25) is 0 Å². The van der Waals surface area contributed by atoms with Gasteiger partial charge in [-0.15, -0.1) is 11.6 Å². The Kier molecular flexibility index (Phi) is 5.24. The molecule has 0 fully saturated rings. The van der Waals surface area contributed by atoms with Crippen molar-refractivity contribution in [2.24, 2.45) is 0 Å². The third kappa shape index (κ3) is 3.42. The van der Waals surface area contributed by atoms with Gasteiger partial charge in [0.25, 0.3) is 0 Å². The van der Waals surface area contributed by atoms with Gasteiger partial charge in [-0.2, -0.15) is 0 Å². The maximum absolute atomic E-state index is 13.9. The van der Waals surface area contributed by atoms with Crippen LogP contribution in [0.3, 0.4) is 0 Å². The highest BCUT2D eigenvalue weighted by molar-refractivity contribution is 6.17. The van der Waals surface area contributed by atoms with E-state index in [2.05, 4.69) is 0 Å². The molecule has 0 aliphatic carbocycles. The molecule has 2 aromatic rings. The topological polar surface area (TPSA) is 18.5 Å². The summed E-state index contributed by atoms with van der Waals surface area (Å²) in [5.41, 5.74) is 0.608. The van der Waals surface area contributed by atoms with Crippen LogP contribution in [0.1, 0.15) is 18.9 Å². The van der Waals surface area contributed by atoms with E-state index in [0.29, 0.717) is 23.7 Å². The van der Waals surface area contributed by atoms with Crippen LogP contribution in [-0.4, -0.2) is 6.61 Å². The molecule has 0 aliphatic heterocycles. The fourth-order valence-electron chi connectivity index (χ4n) is 1.75. The van der Waals surface area contributed by atoms with Crippen molar-refractivity contribution in [1.29, 1.82) is 0 Å². The molecular formula is C16H16ClFO2. The minimum Gasteiger partial charge on any atom is -0.490 e. The summed E-state index contributed by atoms with van der Waals surface area (Å²) in [6, 6.07) is 11.9. The SMILES string of the molecule is CCCOc1ccccc1Oc1c(F)cccc1CCl. The average Bonchev–Trinajstić information content (AvgIpc) is 2.48. The van der Waals surface area contributed by atoms with Crippen molar-refractivity contribution < 1.29 is 13.9 Å². The van der Waals surface area contributed by atoms with Crippen molar-refractivity contribution in [3.63, 3.8) is 0 Å². The van der Waals surface area contributed by atoms with Crippen LogP contribution in [0.15, 0.2) is 42.5 Å². The fraction of sp³-hybridized carbons (Fsp3) is 0.250. The van der Waals surface area contributed by atoms with E-state index in [1.165, 1.54) is 6.07 Å². The lowest BCUT2D eigenvalue weighted by atomic mass is 10.2. The molecule has 4 heteroatoms. The van der Waals surface area contributed by atoms with E-state index >= 15 is 0 Å². The maximum Gasteiger partial charge on any atom is 0.169 e. The van der Waals surface area contributed by atoms with Crippen LogP contribution in [0, 0.1) is 5.82 Å². The third-order valence-electron chi connectivity index (χ3n) is 2.72. The smallest absolute Gasteiger partial charge is 0.169 e. The van der Waals surface area contributed by atoms with Crippen LogP contribution in [-0.2, 0) is 5.88 Å². The van der Waals surface area contributed by atoms with E-state index in [1.54, 1.807) is 24.3 Å². The van der Waals surface area contributed by atoms with Crippen LogP contribution >= 0.6 is 11.6 Å². The summed E-state index contributed by atoms with van der Waals surface area (Å²) in [6.45, 7) is 2.60. The Morgan fingerprint density at radius 1 is 1.05 bits per heavy atom. The molecule has 0 aliphatic rings. The second kappa shape index (κ2) is 7.15. The Bertz CT molecular complexity index is 572. The van der Waals surface area contributed by atoms with Gasteiger partial charge in [0.1, 0.15) is 0 Å². The summed E-state index contributed by atoms with van der Waals surface area (Å²) in [4.78, 5) is 0. The second-order valence-electron chi connectivity index (χ2n) is 4.26. The number of hydrogen-bond acceptors (Lipinski definition) is 2. The molecule has 0 unspecified atom stereocenters. The number of para-hydroxylation sites is 3. The summed E-state index contributed by atoms with van der Waals surface area (Å²) < 4.78 is 25.1. The molecule has 0 bridgehead atoms. The van der Waals surface area contributed by atoms with Crippen LogP contribution in [0.25, 0.3) is 0 Å². The molecule has 20 heavy (non-hydrogen) atoms. The normalized spacial score (nSPS) is 10.3. The lowest BCUT2D eigenvalue weighted by molar-refractivity contribution is 0.300. The minimum absolute atomic E-state index is 0.148. The maximum atomic E-state index is 13.9. The number of ether oxygens (including phenoxy) is 2. The molecule has 0 radical (unpaired) electrons. The quantitative estimate of drug-likeness (QED) is 0.686. The molecule has 0 saturated carbocycles. The first-order valence-electron chi connectivity index (χ1n) is 6.49. The van der Waals surface area contributed by atoms with E-state index in [4.69, 9.17) is 21.1 Å². The zero-order valence-corrected chi connectivity index (χ0v) is 12.0. The molecule has 0 aromatic heterocycles. The van der Waals surface area contributed by atoms with Crippen molar-refractivity contribution >= 4 is 11.6 Å². The van der Waals surface area contributed by atoms with Crippen LogP contribution in [0.2, 0.25) is 0 Å². The number of hydrogen-bond donors (Lipinski definition) is 0. The van der Waals surface area contributed by atoms with Crippen LogP contribution in [0.4, 0.5) is 4.39 Å². The predicted octanol–water partition coefficient (Wildman–Crippen LogP) is 5.15. The van der Waals surface area contributed by atoms with Crippen LogP contribution in [0.5, 0.6) is 17.2 Å². The third-order valence-corrected chi connectivity index (χ3v) is 3.00. The first kappa shape index (κ1) is 14.7. The van der Waals surface area contributed by atoms with Crippen molar-refractivity contribution in [2.75, 3.05) is 6.61 Å². The van der Waals surface area contributed by atoms with E-state index < -0.39 is 5.82 Å². The largest absolute Gasteiger partial charge is 0.490 e. The van der Waals surface area contributed by atoms with E-state index in [0.717, 1.165) is 6.42 Å². The summed E-state index contributed by atoms with van der Waals surface area (Å²) in [5.74, 6) is 0.976. The fourth-order valence-corrected chi connectivity index (χ4v) is 1.96. The molecule has 0 amide bonds. The number of halogens is 2. The van der Waals surface area contributed by atoms with Crippen LogP contribution < -0.4 is 9.47 Å². The second-order valence-corrected chi connectivity index (χ2v) is 4.53. The summed E-state index contributed by atoms with van der Waals surface area (Å²) in [6.07, 6.45) is 0.890. The van der Waals surface area contributed by atoms with Gasteiger partial charge in [-0.1, -0.05) is 31.2 Å². The monoisotopic (exact) mass is 294 g/mol. The Balaban J connectivity index is 2.30. The van der Waals surface area contributed by atoms with Crippen molar-refractivity contribution in [3.05, 3.63) is 53.8 Å². The molecule has 2 rings (SSSR count). The predicted molar refractivity (Wildman–Crippen MR) is 78.3 cm³/mol. The highest BCUT2D eigenvalue weighted by Crippen LogP contribution is 2.35. The average molecular weight is 295 g/mol.